The minimum absolute atomic E-state index is 0.0525. The molecule has 4 heteroatoms. The fraction of sp³-hybridized carbons (Fsp3) is 0.0476. The van der Waals surface area contributed by atoms with Crippen molar-refractivity contribution in [3.05, 3.63) is 156 Å². The summed E-state index contributed by atoms with van der Waals surface area (Å²) in [6.07, 6.45) is 6.60. The van der Waals surface area contributed by atoms with Crippen molar-refractivity contribution in [1.82, 2.24) is 9.88 Å². The second-order valence-corrected chi connectivity index (χ2v) is 12.1. The van der Waals surface area contributed by atoms with Gasteiger partial charge >= 0.3 is 0 Å². The van der Waals surface area contributed by atoms with Gasteiger partial charge in [0.2, 0.25) is 0 Å². The van der Waals surface area contributed by atoms with E-state index in [1.807, 2.05) is 6.07 Å². The van der Waals surface area contributed by atoms with E-state index >= 15 is 0 Å². The Morgan fingerprint density at radius 3 is 2.28 bits per heavy atom. The number of nitrogens with zero attached hydrogens (tertiary/aromatic N) is 2. The second kappa shape index (κ2) is 9.66. The Hall–Kier alpha value is -6.18. The van der Waals surface area contributed by atoms with E-state index in [-0.39, 0.29) is 6.17 Å². The predicted octanol–water partition coefficient (Wildman–Crippen LogP) is 7.97. The summed E-state index contributed by atoms with van der Waals surface area (Å²) in [5, 5.41) is 12.5. The molecule has 0 fully saturated rings. The SMILES string of the molecule is c1ccc2c(c#1)C=CC(n1c3ccccc3c3cc4c(cc31)-c1ccccc1N(C1=c3ccccc3=CCN1)c1ccccc1-4)N2. The average Bonchev–Trinajstić information content (AvgIpc) is 3.39. The largest absolute Gasteiger partial charge is 0.367 e. The summed E-state index contributed by atoms with van der Waals surface area (Å²) < 4.78 is 2.45. The number of rotatable bonds is 2. The molecule has 0 amide bonds. The molecule has 0 saturated carbocycles. The topological polar surface area (TPSA) is 32.2 Å². The molecule has 6 aromatic carbocycles. The summed E-state index contributed by atoms with van der Waals surface area (Å²) in [5.74, 6) is 1.11. The summed E-state index contributed by atoms with van der Waals surface area (Å²) >= 11 is 0. The van der Waals surface area contributed by atoms with E-state index in [4.69, 9.17) is 0 Å². The summed E-state index contributed by atoms with van der Waals surface area (Å²) in [7, 11) is 0. The van der Waals surface area contributed by atoms with Crippen molar-refractivity contribution in [3.8, 4) is 22.3 Å². The van der Waals surface area contributed by atoms with Crippen LogP contribution >= 0.6 is 0 Å². The van der Waals surface area contributed by atoms with Gasteiger partial charge in [0.25, 0.3) is 0 Å². The van der Waals surface area contributed by atoms with E-state index in [1.54, 1.807) is 0 Å². The van der Waals surface area contributed by atoms with Gasteiger partial charge in [0, 0.05) is 39.2 Å². The van der Waals surface area contributed by atoms with Gasteiger partial charge in [-0.2, -0.15) is 0 Å². The molecule has 4 nitrogen and oxygen atoms in total. The molecule has 7 aromatic rings. The van der Waals surface area contributed by atoms with E-state index in [2.05, 4.69) is 166 Å². The van der Waals surface area contributed by atoms with Crippen molar-refractivity contribution >= 4 is 56.8 Å². The lowest BCUT2D eigenvalue weighted by Gasteiger charge is -2.31. The zero-order valence-corrected chi connectivity index (χ0v) is 25.0. The van der Waals surface area contributed by atoms with Crippen molar-refractivity contribution < 1.29 is 0 Å². The Morgan fingerprint density at radius 1 is 0.674 bits per heavy atom. The minimum atomic E-state index is -0.0525. The molecule has 3 aliphatic rings. The number of fused-ring (bicyclic) bond motifs is 10. The van der Waals surface area contributed by atoms with Gasteiger partial charge in [0.1, 0.15) is 12.0 Å². The lowest BCUT2D eigenvalue weighted by atomic mass is 9.92. The van der Waals surface area contributed by atoms with Crippen LogP contribution < -0.4 is 26.0 Å². The number of anilines is 3. The van der Waals surface area contributed by atoms with Crippen molar-refractivity contribution in [1.29, 1.82) is 0 Å². The van der Waals surface area contributed by atoms with Crippen molar-refractivity contribution in [2.24, 2.45) is 0 Å². The highest BCUT2D eigenvalue weighted by Gasteiger charge is 2.29. The predicted molar refractivity (Wildman–Crippen MR) is 190 cm³/mol. The highest BCUT2D eigenvalue weighted by Crippen LogP contribution is 2.51. The average molecular weight is 589 g/mol. The number of benzene rings is 5. The first-order chi connectivity index (χ1) is 22.8. The molecular formula is C42H28N4. The number of aromatic nitrogens is 1. The summed E-state index contributed by atoms with van der Waals surface area (Å²) in [4.78, 5) is 2.43. The van der Waals surface area contributed by atoms with E-state index in [0.717, 1.165) is 35.0 Å². The van der Waals surface area contributed by atoms with Crippen LogP contribution in [0.5, 0.6) is 0 Å². The van der Waals surface area contributed by atoms with Crippen LogP contribution in [0.4, 0.5) is 17.1 Å². The van der Waals surface area contributed by atoms with Crippen molar-refractivity contribution in [3.63, 3.8) is 0 Å². The second-order valence-electron chi connectivity index (χ2n) is 12.1. The van der Waals surface area contributed by atoms with Gasteiger partial charge in [0.15, 0.2) is 0 Å². The maximum Gasteiger partial charge on any atom is 0.123 e. The Morgan fingerprint density at radius 2 is 1.41 bits per heavy atom. The maximum atomic E-state index is 3.77. The molecule has 0 spiro atoms. The van der Waals surface area contributed by atoms with E-state index in [9.17, 15) is 0 Å². The first kappa shape index (κ1) is 25.2. The fourth-order valence-corrected chi connectivity index (χ4v) is 7.60. The monoisotopic (exact) mass is 588 g/mol. The molecule has 0 bridgehead atoms. The third kappa shape index (κ3) is 3.57. The number of nitrogens with one attached hydrogen (secondary N) is 2. The molecule has 0 radical (unpaired) electrons. The van der Waals surface area contributed by atoms with Crippen LogP contribution in [-0.4, -0.2) is 11.1 Å². The summed E-state index contributed by atoms with van der Waals surface area (Å²) in [6.45, 7) is 0.779. The standard InChI is InChI=1S/C42H28N4/c1-3-13-29-27(11-1)23-24-43-42(29)46-38-19-9-4-14-30(38)33-25-35-32-16-6-8-18-37(32)45(41-22-21-28-12-2-7-17-36(28)44-41)40(35)26-34(33)31-15-5-10-20-39(31)46/h1,3-11,13-23,25-26,41,43-44H,24H2. The Kier molecular flexibility index (Phi) is 5.29. The van der Waals surface area contributed by atoms with Gasteiger partial charge in [0.05, 0.1) is 28.1 Å². The highest BCUT2D eigenvalue weighted by atomic mass is 15.3. The van der Waals surface area contributed by atoms with Gasteiger partial charge < -0.3 is 15.2 Å². The maximum absolute atomic E-state index is 3.77. The van der Waals surface area contributed by atoms with Gasteiger partial charge in [-0.3, -0.25) is 4.90 Å². The van der Waals surface area contributed by atoms with Gasteiger partial charge in [-0.15, -0.1) is 0 Å². The quantitative estimate of drug-likeness (QED) is 0.215. The Balaban J connectivity index is 1.29. The molecule has 1 unspecified atom stereocenters. The normalized spacial score (nSPS) is 15.7. The first-order valence-corrected chi connectivity index (χ1v) is 15.8. The number of hydrogen-bond donors (Lipinski definition) is 2. The van der Waals surface area contributed by atoms with Crippen LogP contribution in [0.1, 0.15) is 11.7 Å². The number of para-hydroxylation sites is 3. The Bertz CT molecular complexity index is 2540. The summed E-state index contributed by atoms with van der Waals surface area (Å²) in [5.41, 5.74) is 11.7. The molecule has 216 valence electrons. The molecule has 10 rings (SSSR count). The molecule has 1 aromatic heterocycles. The van der Waals surface area contributed by atoms with Crippen LogP contribution in [0.25, 0.3) is 62.0 Å². The lowest BCUT2D eigenvalue weighted by molar-refractivity contribution is 0.725. The van der Waals surface area contributed by atoms with Crippen LogP contribution in [0, 0.1) is 12.1 Å². The van der Waals surface area contributed by atoms with Gasteiger partial charge in [-0.25, -0.2) is 0 Å². The van der Waals surface area contributed by atoms with Crippen LogP contribution in [0.15, 0.2) is 127 Å². The third-order valence-corrected chi connectivity index (χ3v) is 9.61. The van der Waals surface area contributed by atoms with E-state index < -0.39 is 0 Å². The van der Waals surface area contributed by atoms with E-state index in [1.165, 1.54) is 54.5 Å². The van der Waals surface area contributed by atoms with E-state index in [0.29, 0.717) is 0 Å². The molecule has 2 N–H and O–H groups in total. The fourth-order valence-electron chi connectivity index (χ4n) is 7.60. The van der Waals surface area contributed by atoms with Gasteiger partial charge in [-0.1, -0.05) is 97.1 Å². The lowest BCUT2D eigenvalue weighted by Crippen LogP contribution is -2.43. The molecule has 3 aliphatic heterocycles. The Labute approximate surface area is 266 Å². The molecule has 0 saturated heterocycles. The molecule has 46 heavy (non-hydrogen) atoms. The van der Waals surface area contributed by atoms with Crippen molar-refractivity contribution in [2.45, 2.75) is 6.17 Å². The molecule has 0 aliphatic carbocycles. The minimum Gasteiger partial charge on any atom is -0.367 e. The first-order valence-electron chi connectivity index (χ1n) is 15.8. The zero-order valence-electron chi connectivity index (χ0n) is 25.0. The van der Waals surface area contributed by atoms with Crippen LogP contribution in [-0.2, 0) is 0 Å². The summed E-state index contributed by atoms with van der Waals surface area (Å²) in [6, 6.07) is 50.3. The molecular weight excluding hydrogens is 560 g/mol. The highest BCUT2D eigenvalue weighted by molar-refractivity contribution is 6.14. The van der Waals surface area contributed by atoms with Crippen LogP contribution in [0.2, 0.25) is 0 Å². The molecule has 4 heterocycles. The zero-order chi connectivity index (χ0) is 30.2. The molecule has 1 atom stereocenters. The number of hydrogen-bond acceptors (Lipinski definition) is 3. The van der Waals surface area contributed by atoms with Crippen molar-refractivity contribution in [2.75, 3.05) is 16.8 Å². The van der Waals surface area contributed by atoms with Crippen LogP contribution in [0.3, 0.4) is 0 Å². The third-order valence-electron chi connectivity index (χ3n) is 9.61. The van der Waals surface area contributed by atoms with Gasteiger partial charge in [-0.05, 0) is 71.0 Å². The smallest absolute Gasteiger partial charge is 0.123 e.